The maximum Gasteiger partial charge on any atom is 0.123 e. The van der Waals surface area contributed by atoms with Crippen LogP contribution >= 0.6 is 11.3 Å². The highest BCUT2D eigenvalue weighted by Crippen LogP contribution is 2.16. The average Bonchev–Trinajstić information content (AvgIpc) is 2.80. The van der Waals surface area contributed by atoms with E-state index < -0.39 is 6.10 Å². The van der Waals surface area contributed by atoms with Crippen LogP contribution in [0.4, 0.5) is 10.1 Å². The number of aliphatic hydroxyl groups is 1. The van der Waals surface area contributed by atoms with Crippen molar-refractivity contribution in [3.63, 3.8) is 0 Å². The molecule has 0 spiro atoms. The van der Waals surface area contributed by atoms with E-state index in [2.05, 4.69) is 5.32 Å². The highest BCUT2D eigenvalue weighted by Gasteiger charge is 2.07. The van der Waals surface area contributed by atoms with Crippen molar-refractivity contribution in [1.29, 1.82) is 0 Å². The van der Waals surface area contributed by atoms with E-state index in [0.29, 0.717) is 12.1 Å². The Balaban J connectivity index is 1.93. The summed E-state index contributed by atoms with van der Waals surface area (Å²) in [6.07, 6.45) is -0.625. The molecule has 0 fully saturated rings. The third-order valence-electron chi connectivity index (χ3n) is 2.28. The van der Waals surface area contributed by atoms with E-state index in [9.17, 15) is 9.50 Å². The monoisotopic (exact) mass is 237 g/mol. The number of aliphatic hydroxyl groups excluding tert-OH is 1. The molecule has 2 N–H and O–H groups in total. The number of hydrogen-bond donors (Lipinski definition) is 2. The summed E-state index contributed by atoms with van der Waals surface area (Å²) in [5.74, 6) is -0.290. The second-order valence-electron chi connectivity index (χ2n) is 3.46. The Morgan fingerprint density at radius 2 is 2.00 bits per heavy atom. The van der Waals surface area contributed by atoms with Gasteiger partial charge in [0.05, 0.1) is 6.10 Å². The van der Waals surface area contributed by atoms with Crippen LogP contribution in [0.25, 0.3) is 0 Å². The number of benzene rings is 1. The molecule has 0 saturated carbocycles. The molecule has 0 aliphatic carbocycles. The summed E-state index contributed by atoms with van der Waals surface area (Å²) in [5.41, 5.74) is 1.70. The van der Waals surface area contributed by atoms with Gasteiger partial charge in [-0.2, -0.15) is 11.3 Å². The number of thiophene rings is 1. The van der Waals surface area contributed by atoms with Crippen molar-refractivity contribution in [2.75, 3.05) is 11.9 Å². The lowest BCUT2D eigenvalue weighted by Gasteiger charge is -2.12. The van der Waals surface area contributed by atoms with E-state index in [4.69, 9.17) is 0 Å². The molecule has 0 radical (unpaired) electrons. The van der Waals surface area contributed by atoms with Crippen LogP contribution in [-0.4, -0.2) is 11.7 Å². The van der Waals surface area contributed by atoms with Crippen LogP contribution in [0.2, 0.25) is 0 Å². The molecule has 0 saturated heterocycles. The quantitative estimate of drug-likeness (QED) is 0.856. The Morgan fingerprint density at radius 1 is 1.25 bits per heavy atom. The fourth-order valence-corrected chi connectivity index (χ4v) is 1.99. The lowest BCUT2D eigenvalue weighted by atomic mass is 10.1. The zero-order chi connectivity index (χ0) is 11.4. The first kappa shape index (κ1) is 11.1. The van der Waals surface area contributed by atoms with Crippen molar-refractivity contribution >= 4 is 17.0 Å². The first-order valence-corrected chi connectivity index (χ1v) is 5.89. The number of hydrogen-bond acceptors (Lipinski definition) is 3. The average molecular weight is 237 g/mol. The fourth-order valence-electron chi connectivity index (χ4n) is 1.38. The van der Waals surface area contributed by atoms with Gasteiger partial charge in [-0.3, -0.25) is 0 Å². The summed E-state index contributed by atoms with van der Waals surface area (Å²) < 4.78 is 12.7. The number of anilines is 1. The molecule has 0 aliphatic rings. The molecule has 1 heterocycles. The minimum atomic E-state index is -0.625. The summed E-state index contributed by atoms with van der Waals surface area (Å²) in [6, 6.07) is 7.83. The summed E-state index contributed by atoms with van der Waals surface area (Å²) in [5, 5.41) is 16.9. The molecular formula is C12H12FNOS. The van der Waals surface area contributed by atoms with Gasteiger partial charge in [0.2, 0.25) is 0 Å². The van der Waals surface area contributed by atoms with Crippen LogP contribution in [0.1, 0.15) is 11.7 Å². The fraction of sp³-hybridized carbons (Fsp3) is 0.167. The predicted molar refractivity (Wildman–Crippen MR) is 64.2 cm³/mol. The molecule has 2 aromatic rings. The Kier molecular flexibility index (Phi) is 3.54. The van der Waals surface area contributed by atoms with E-state index in [1.54, 1.807) is 23.5 Å². The molecule has 4 heteroatoms. The van der Waals surface area contributed by atoms with Crippen molar-refractivity contribution in [1.82, 2.24) is 0 Å². The summed E-state index contributed by atoms with van der Waals surface area (Å²) in [6.45, 7) is 0.419. The van der Waals surface area contributed by atoms with Crippen LogP contribution < -0.4 is 5.32 Å². The Bertz CT molecular complexity index is 427. The van der Waals surface area contributed by atoms with Crippen LogP contribution in [-0.2, 0) is 0 Å². The molecule has 2 nitrogen and oxygen atoms in total. The Morgan fingerprint density at radius 3 is 2.62 bits per heavy atom. The summed E-state index contributed by atoms with van der Waals surface area (Å²) in [4.78, 5) is 0. The van der Waals surface area contributed by atoms with E-state index in [1.165, 1.54) is 12.1 Å². The van der Waals surface area contributed by atoms with Crippen LogP contribution in [0.15, 0.2) is 41.1 Å². The second kappa shape index (κ2) is 5.09. The van der Waals surface area contributed by atoms with E-state index >= 15 is 0 Å². The SMILES string of the molecule is OC(CNc1ccsc1)c1ccc(F)cc1. The van der Waals surface area contributed by atoms with E-state index in [1.807, 2.05) is 16.8 Å². The zero-order valence-corrected chi connectivity index (χ0v) is 9.38. The predicted octanol–water partition coefficient (Wildman–Crippen LogP) is 3.03. The van der Waals surface area contributed by atoms with Gasteiger partial charge in [-0.15, -0.1) is 0 Å². The molecule has 1 unspecified atom stereocenters. The van der Waals surface area contributed by atoms with Crippen molar-refractivity contribution in [3.05, 3.63) is 52.5 Å². The normalized spacial score (nSPS) is 12.4. The minimum absolute atomic E-state index is 0.290. The van der Waals surface area contributed by atoms with Gasteiger partial charge in [-0.1, -0.05) is 12.1 Å². The first-order chi connectivity index (χ1) is 7.75. The third-order valence-corrected chi connectivity index (χ3v) is 2.96. The number of nitrogens with one attached hydrogen (secondary N) is 1. The van der Waals surface area contributed by atoms with Crippen molar-refractivity contribution in [2.45, 2.75) is 6.10 Å². The standard InChI is InChI=1S/C12H12FNOS/c13-10-3-1-9(2-4-10)12(15)7-14-11-5-6-16-8-11/h1-6,8,12,14-15H,7H2. The smallest absolute Gasteiger partial charge is 0.123 e. The zero-order valence-electron chi connectivity index (χ0n) is 8.56. The second-order valence-corrected chi connectivity index (χ2v) is 4.24. The first-order valence-electron chi connectivity index (χ1n) is 4.95. The molecule has 84 valence electrons. The van der Waals surface area contributed by atoms with E-state index in [0.717, 1.165) is 5.69 Å². The molecule has 16 heavy (non-hydrogen) atoms. The van der Waals surface area contributed by atoms with Gasteiger partial charge >= 0.3 is 0 Å². The molecule has 1 atom stereocenters. The maximum atomic E-state index is 12.7. The highest BCUT2D eigenvalue weighted by molar-refractivity contribution is 7.08. The lowest BCUT2D eigenvalue weighted by Crippen LogP contribution is -2.11. The molecule has 2 rings (SSSR count). The Labute approximate surface area is 97.4 Å². The Hall–Kier alpha value is -1.39. The molecular weight excluding hydrogens is 225 g/mol. The topological polar surface area (TPSA) is 32.3 Å². The van der Waals surface area contributed by atoms with Crippen molar-refractivity contribution in [2.24, 2.45) is 0 Å². The van der Waals surface area contributed by atoms with Crippen molar-refractivity contribution < 1.29 is 9.50 Å². The molecule has 0 bridgehead atoms. The minimum Gasteiger partial charge on any atom is -0.387 e. The number of rotatable bonds is 4. The van der Waals surface area contributed by atoms with Gasteiger partial charge < -0.3 is 10.4 Å². The molecule has 0 aliphatic heterocycles. The summed E-state index contributed by atoms with van der Waals surface area (Å²) >= 11 is 1.60. The van der Waals surface area contributed by atoms with Crippen LogP contribution in [0.3, 0.4) is 0 Å². The van der Waals surface area contributed by atoms with Gasteiger partial charge in [0.25, 0.3) is 0 Å². The van der Waals surface area contributed by atoms with Gasteiger partial charge in [0.1, 0.15) is 5.82 Å². The van der Waals surface area contributed by atoms with Gasteiger partial charge in [0.15, 0.2) is 0 Å². The van der Waals surface area contributed by atoms with Gasteiger partial charge in [-0.05, 0) is 29.1 Å². The number of halogens is 1. The molecule has 0 amide bonds. The highest BCUT2D eigenvalue weighted by atomic mass is 32.1. The van der Waals surface area contributed by atoms with Crippen molar-refractivity contribution in [3.8, 4) is 0 Å². The summed E-state index contributed by atoms with van der Waals surface area (Å²) in [7, 11) is 0. The molecule has 1 aromatic heterocycles. The maximum absolute atomic E-state index is 12.7. The van der Waals surface area contributed by atoms with Crippen LogP contribution in [0.5, 0.6) is 0 Å². The van der Waals surface area contributed by atoms with Crippen LogP contribution in [0, 0.1) is 5.82 Å². The third kappa shape index (κ3) is 2.81. The largest absolute Gasteiger partial charge is 0.387 e. The molecule has 1 aromatic carbocycles. The van der Waals surface area contributed by atoms with Gasteiger partial charge in [0, 0.05) is 17.6 Å². The lowest BCUT2D eigenvalue weighted by molar-refractivity contribution is 0.191. The van der Waals surface area contributed by atoms with E-state index in [-0.39, 0.29) is 5.82 Å². The van der Waals surface area contributed by atoms with Gasteiger partial charge in [-0.25, -0.2) is 4.39 Å².